The van der Waals surface area contributed by atoms with Crippen molar-refractivity contribution in [2.24, 2.45) is 5.10 Å². The van der Waals surface area contributed by atoms with Crippen molar-refractivity contribution in [3.8, 4) is 0 Å². The number of nitrogens with one attached hydrogen (secondary N) is 1. The number of carbonyl (C=O) groups is 1. The fourth-order valence-corrected chi connectivity index (χ4v) is 1.68. The molecule has 1 aromatic carbocycles. The van der Waals surface area contributed by atoms with Gasteiger partial charge in [0.1, 0.15) is 0 Å². The van der Waals surface area contributed by atoms with Gasteiger partial charge in [0.15, 0.2) is 5.76 Å². The lowest BCUT2D eigenvalue weighted by Crippen LogP contribution is -2.18. The Balaban J connectivity index is 2.10. The molecule has 2 aromatic rings. The molecule has 98 valence electrons. The van der Waals surface area contributed by atoms with E-state index in [1.165, 1.54) is 6.26 Å². The molecule has 1 amide bonds. The average Bonchev–Trinajstić information content (AvgIpc) is 2.92. The van der Waals surface area contributed by atoms with Gasteiger partial charge in [0.2, 0.25) is 0 Å². The second-order valence-electron chi connectivity index (χ2n) is 3.74. The number of hydrogen-bond donors (Lipinski definition) is 1. The lowest BCUT2D eigenvalue weighted by Gasteiger charge is -2.03. The molecule has 6 heteroatoms. The monoisotopic (exact) mass is 296 g/mol. The zero-order chi connectivity index (χ0) is 13.8. The first kappa shape index (κ1) is 13.6. The Hall–Kier alpha value is -1.78. The Morgan fingerprint density at radius 3 is 2.68 bits per heavy atom. The van der Waals surface area contributed by atoms with Gasteiger partial charge in [-0.1, -0.05) is 29.3 Å². The molecule has 1 N–H and O–H groups in total. The first-order chi connectivity index (χ1) is 9.08. The van der Waals surface area contributed by atoms with Crippen LogP contribution in [0.25, 0.3) is 0 Å². The lowest BCUT2D eigenvalue weighted by atomic mass is 10.1. The summed E-state index contributed by atoms with van der Waals surface area (Å²) in [6.07, 6.45) is 1.42. The van der Waals surface area contributed by atoms with Gasteiger partial charge in [-0.15, -0.1) is 0 Å². The Bertz CT molecular complexity index is 622. The molecule has 0 saturated heterocycles. The van der Waals surface area contributed by atoms with Crippen molar-refractivity contribution in [1.82, 2.24) is 5.43 Å². The van der Waals surface area contributed by atoms with Crippen molar-refractivity contribution in [3.05, 3.63) is 58.0 Å². The molecule has 0 saturated carbocycles. The van der Waals surface area contributed by atoms with E-state index in [2.05, 4.69) is 10.5 Å². The van der Waals surface area contributed by atoms with Gasteiger partial charge >= 0.3 is 5.91 Å². The molecular formula is C13H10Cl2N2O2. The van der Waals surface area contributed by atoms with E-state index in [1.807, 2.05) is 0 Å². The largest absolute Gasteiger partial charge is 0.459 e. The minimum atomic E-state index is -0.413. The smallest absolute Gasteiger partial charge is 0.307 e. The minimum absolute atomic E-state index is 0.200. The topological polar surface area (TPSA) is 54.6 Å². The molecule has 0 aliphatic heterocycles. The van der Waals surface area contributed by atoms with Crippen LogP contribution in [0.5, 0.6) is 0 Å². The molecule has 0 aliphatic carbocycles. The van der Waals surface area contributed by atoms with Crippen molar-refractivity contribution >= 4 is 34.8 Å². The maximum Gasteiger partial charge on any atom is 0.307 e. The highest BCUT2D eigenvalue weighted by atomic mass is 35.5. The van der Waals surface area contributed by atoms with E-state index in [4.69, 9.17) is 27.6 Å². The van der Waals surface area contributed by atoms with Crippen LogP contribution in [-0.4, -0.2) is 11.6 Å². The number of hydrogen-bond acceptors (Lipinski definition) is 3. The molecule has 0 fully saturated rings. The molecule has 0 atom stereocenters. The molecular weight excluding hydrogens is 287 g/mol. The summed E-state index contributed by atoms with van der Waals surface area (Å²) in [6.45, 7) is 1.75. The summed E-state index contributed by atoms with van der Waals surface area (Å²) < 4.78 is 4.95. The third-order valence-corrected chi connectivity index (χ3v) is 3.15. The zero-order valence-corrected chi connectivity index (χ0v) is 11.5. The van der Waals surface area contributed by atoms with Crippen molar-refractivity contribution in [3.63, 3.8) is 0 Å². The average molecular weight is 297 g/mol. The van der Waals surface area contributed by atoms with E-state index in [0.29, 0.717) is 15.8 Å². The molecule has 0 unspecified atom stereocenters. The van der Waals surface area contributed by atoms with E-state index >= 15 is 0 Å². The molecule has 1 aromatic heterocycles. The summed E-state index contributed by atoms with van der Waals surface area (Å²) in [5.74, 6) is -0.213. The molecule has 0 radical (unpaired) electrons. The van der Waals surface area contributed by atoms with E-state index < -0.39 is 5.91 Å². The van der Waals surface area contributed by atoms with Crippen LogP contribution in [0.4, 0.5) is 0 Å². The van der Waals surface area contributed by atoms with E-state index in [9.17, 15) is 4.79 Å². The Kier molecular flexibility index (Phi) is 4.24. The number of rotatable bonds is 3. The summed E-state index contributed by atoms with van der Waals surface area (Å²) in [6, 6.07) is 8.31. The molecule has 0 aliphatic rings. The quantitative estimate of drug-likeness (QED) is 0.693. The number of nitrogens with zero attached hydrogens (tertiary/aromatic N) is 1. The van der Waals surface area contributed by atoms with Gasteiger partial charge in [0.05, 0.1) is 22.0 Å². The van der Waals surface area contributed by atoms with Crippen LogP contribution >= 0.6 is 23.2 Å². The maximum absolute atomic E-state index is 11.6. The molecule has 2 rings (SSSR count). The van der Waals surface area contributed by atoms with E-state index in [1.54, 1.807) is 37.3 Å². The number of halogens is 2. The Morgan fingerprint density at radius 2 is 2.05 bits per heavy atom. The number of furan rings is 1. The van der Waals surface area contributed by atoms with Gasteiger partial charge < -0.3 is 4.42 Å². The molecule has 0 spiro atoms. The van der Waals surface area contributed by atoms with Gasteiger partial charge in [-0.25, -0.2) is 5.43 Å². The number of carbonyl (C=O) groups excluding carboxylic acids is 1. The van der Waals surface area contributed by atoms with Crippen molar-refractivity contribution in [2.75, 3.05) is 0 Å². The minimum Gasteiger partial charge on any atom is -0.459 e. The third kappa shape index (κ3) is 3.36. The van der Waals surface area contributed by atoms with Crippen LogP contribution < -0.4 is 5.43 Å². The first-order valence-corrected chi connectivity index (χ1v) is 6.17. The second-order valence-corrected chi connectivity index (χ2v) is 4.56. The van der Waals surface area contributed by atoms with Crippen LogP contribution in [0.15, 0.2) is 46.1 Å². The van der Waals surface area contributed by atoms with Gasteiger partial charge in [0, 0.05) is 0 Å². The SMILES string of the molecule is C/C(=N/NC(=O)c1ccco1)c1ccc(Cl)c(Cl)c1. The number of amides is 1. The van der Waals surface area contributed by atoms with Gasteiger partial charge in [0.25, 0.3) is 0 Å². The van der Waals surface area contributed by atoms with E-state index in [-0.39, 0.29) is 5.76 Å². The maximum atomic E-state index is 11.6. The van der Waals surface area contributed by atoms with Crippen molar-refractivity contribution in [2.45, 2.75) is 6.92 Å². The van der Waals surface area contributed by atoms with Crippen molar-refractivity contribution < 1.29 is 9.21 Å². The fourth-order valence-electron chi connectivity index (χ4n) is 1.38. The molecule has 4 nitrogen and oxygen atoms in total. The van der Waals surface area contributed by atoms with Crippen LogP contribution in [0.2, 0.25) is 10.0 Å². The summed E-state index contributed by atoms with van der Waals surface area (Å²) in [4.78, 5) is 11.6. The summed E-state index contributed by atoms with van der Waals surface area (Å²) in [5.41, 5.74) is 3.78. The van der Waals surface area contributed by atoms with Gasteiger partial charge in [-0.2, -0.15) is 5.10 Å². The van der Waals surface area contributed by atoms with E-state index in [0.717, 1.165) is 5.56 Å². The fraction of sp³-hybridized carbons (Fsp3) is 0.0769. The summed E-state index contributed by atoms with van der Waals surface area (Å²) >= 11 is 11.7. The standard InChI is InChI=1S/C13H10Cl2N2O2/c1-8(9-4-5-10(14)11(15)7-9)16-17-13(18)12-3-2-6-19-12/h2-7H,1H3,(H,17,18)/b16-8-. The zero-order valence-electron chi connectivity index (χ0n) is 9.98. The third-order valence-electron chi connectivity index (χ3n) is 2.41. The van der Waals surface area contributed by atoms with Crippen molar-refractivity contribution in [1.29, 1.82) is 0 Å². The number of benzene rings is 1. The van der Waals surface area contributed by atoms with Crippen LogP contribution in [-0.2, 0) is 0 Å². The predicted molar refractivity (Wildman–Crippen MR) is 74.8 cm³/mol. The van der Waals surface area contributed by atoms with Crippen LogP contribution in [0.1, 0.15) is 23.0 Å². The highest BCUT2D eigenvalue weighted by Crippen LogP contribution is 2.22. The van der Waals surface area contributed by atoms with Crippen LogP contribution in [0, 0.1) is 0 Å². The van der Waals surface area contributed by atoms with Gasteiger partial charge in [-0.3, -0.25) is 4.79 Å². The number of hydrazone groups is 1. The Labute approximate surface area is 120 Å². The van der Waals surface area contributed by atoms with Gasteiger partial charge in [-0.05, 0) is 36.8 Å². The summed E-state index contributed by atoms with van der Waals surface area (Å²) in [7, 11) is 0. The predicted octanol–water partition coefficient (Wildman–Crippen LogP) is 3.74. The Morgan fingerprint density at radius 1 is 1.26 bits per heavy atom. The molecule has 1 heterocycles. The second kappa shape index (κ2) is 5.91. The summed E-state index contributed by atoms with van der Waals surface area (Å²) in [5, 5.41) is 4.88. The highest BCUT2D eigenvalue weighted by Gasteiger charge is 2.07. The molecule has 19 heavy (non-hydrogen) atoms. The lowest BCUT2D eigenvalue weighted by molar-refractivity contribution is 0.0927. The van der Waals surface area contributed by atoms with Crippen LogP contribution in [0.3, 0.4) is 0 Å². The normalized spacial score (nSPS) is 11.4. The first-order valence-electron chi connectivity index (χ1n) is 5.41. The highest BCUT2D eigenvalue weighted by molar-refractivity contribution is 6.42. The molecule has 0 bridgehead atoms.